The minimum Gasteiger partial charge on any atom is -0.497 e. The molecule has 2 aromatic rings. The van der Waals surface area contributed by atoms with Crippen LogP contribution in [-0.4, -0.2) is 128 Å². The van der Waals surface area contributed by atoms with E-state index in [1.165, 1.54) is 10.5 Å². The molecule has 5 atom stereocenters. The smallest absolute Gasteiger partial charge is 0.497 e. The summed E-state index contributed by atoms with van der Waals surface area (Å²) in [5, 5.41) is 2.97. The van der Waals surface area contributed by atoms with Crippen LogP contribution in [0, 0.1) is 0 Å². The average molecular weight is 753 g/mol. The van der Waals surface area contributed by atoms with Gasteiger partial charge in [-0.05, 0) is 90.5 Å². The standard InChI is InChI=1S/C41H60N4O9/c1-40(2,3)53-38(47)45-28-35(51-39(48)54-41(4,5)6)36(34(45)24-29-15-17-32(49-7)18-16-29)52-37(46)42-20-19-31-26-43(27-33-14-11-23-50-33)21-22-44(31)25-30-12-9-8-10-13-30/h8-10,12-13,15-18,31,33-36H,11,14,19-28H2,1-7H3,(H,42,46)/t31-,33?,34+,35-,36-/m0/s1. The van der Waals surface area contributed by atoms with E-state index in [1.807, 2.05) is 30.3 Å². The average Bonchev–Trinajstić information content (AvgIpc) is 3.73. The van der Waals surface area contributed by atoms with Gasteiger partial charge in [0.05, 0.1) is 25.8 Å². The number of benzene rings is 2. The summed E-state index contributed by atoms with van der Waals surface area (Å²) in [4.78, 5) is 46.7. The molecule has 2 aromatic carbocycles. The van der Waals surface area contributed by atoms with Gasteiger partial charge in [0.2, 0.25) is 0 Å². The molecule has 3 heterocycles. The van der Waals surface area contributed by atoms with Crippen molar-refractivity contribution in [1.82, 2.24) is 20.0 Å². The summed E-state index contributed by atoms with van der Waals surface area (Å²) in [6.45, 7) is 16.2. The Hall–Kier alpha value is -4.07. The Labute approximate surface area is 320 Å². The van der Waals surface area contributed by atoms with Crippen molar-refractivity contribution < 1.29 is 42.8 Å². The number of nitrogens with zero attached hydrogens (tertiary/aromatic N) is 3. The summed E-state index contributed by atoms with van der Waals surface area (Å²) in [7, 11) is 1.59. The van der Waals surface area contributed by atoms with Crippen LogP contribution < -0.4 is 10.1 Å². The molecule has 0 aliphatic carbocycles. The van der Waals surface area contributed by atoms with Crippen molar-refractivity contribution in [2.45, 2.75) is 115 Å². The normalized spacial score (nSPS) is 23.8. The Kier molecular flexibility index (Phi) is 14.1. The maximum absolute atomic E-state index is 13.7. The molecule has 1 N–H and O–H groups in total. The van der Waals surface area contributed by atoms with Crippen molar-refractivity contribution in [1.29, 1.82) is 0 Å². The molecule has 54 heavy (non-hydrogen) atoms. The highest BCUT2D eigenvalue weighted by atomic mass is 16.7. The fourth-order valence-electron chi connectivity index (χ4n) is 7.28. The predicted molar refractivity (Wildman–Crippen MR) is 203 cm³/mol. The van der Waals surface area contributed by atoms with Gasteiger partial charge in [0.25, 0.3) is 0 Å². The Bertz CT molecular complexity index is 1510. The molecule has 2 amide bonds. The first-order valence-electron chi connectivity index (χ1n) is 19.2. The van der Waals surface area contributed by atoms with E-state index in [4.69, 9.17) is 28.4 Å². The second-order valence-corrected chi connectivity index (χ2v) is 16.5. The summed E-state index contributed by atoms with van der Waals surface area (Å²) in [6, 6.07) is 17.3. The Morgan fingerprint density at radius 2 is 1.59 bits per heavy atom. The first kappa shape index (κ1) is 41.1. The number of amides is 2. The van der Waals surface area contributed by atoms with Gasteiger partial charge in [-0.15, -0.1) is 0 Å². The van der Waals surface area contributed by atoms with Crippen LogP contribution in [0.15, 0.2) is 54.6 Å². The van der Waals surface area contributed by atoms with E-state index in [0.29, 0.717) is 25.1 Å². The first-order valence-corrected chi connectivity index (χ1v) is 19.2. The molecule has 13 nitrogen and oxygen atoms in total. The van der Waals surface area contributed by atoms with Crippen LogP contribution in [0.2, 0.25) is 0 Å². The molecule has 5 rings (SSSR count). The largest absolute Gasteiger partial charge is 0.509 e. The van der Waals surface area contributed by atoms with Crippen molar-refractivity contribution in [2.24, 2.45) is 0 Å². The molecule has 13 heteroatoms. The minimum atomic E-state index is -1.02. The van der Waals surface area contributed by atoms with E-state index in [2.05, 4.69) is 39.4 Å². The zero-order valence-electron chi connectivity index (χ0n) is 33.1. The zero-order chi connectivity index (χ0) is 38.9. The third-order valence-electron chi connectivity index (χ3n) is 9.78. The summed E-state index contributed by atoms with van der Waals surface area (Å²) >= 11 is 0. The number of hydrogen-bond donors (Lipinski definition) is 1. The van der Waals surface area contributed by atoms with Gasteiger partial charge in [0.1, 0.15) is 17.0 Å². The number of piperazine rings is 1. The number of alkyl carbamates (subject to hydrolysis) is 1. The third kappa shape index (κ3) is 12.5. The lowest BCUT2D eigenvalue weighted by Gasteiger charge is -2.42. The lowest BCUT2D eigenvalue weighted by Crippen LogP contribution is -2.54. The van der Waals surface area contributed by atoms with Gasteiger partial charge in [0, 0.05) is 51.9 Å². The van der Waals surface area contributed by atoms with Crippen LogP contribution in [0.25, 0.3) is 0 Å². The number of hydrogen-bond acceptors (Lipinski definition) is 11. The van der Waals surface area contributed by atoms with E-state index >= 15 is 0 Å². The van der Waals surface area contributed by atoms with Crippen molar-refractivity contribution in [3.05, 3.63) is 65.7 Å². The van der Waals surface area contributed by atoms with E-state index < -0.39 is 47.8 Å². The second-order valence-electron chi connectivity index (χ2n) is 16.5. The molecule has 3 fully saturated rings. The van der Waals surface area contributed by atoms with Gasteiger partial charge in [-0.1, -0.05) is 42.5 Å². The molecule has 0 aromatic heterocycles. The van der Waals surface area contributed by atoms with Crippen LogP contribution >= 0.6 is 0 Å². The SMILES string of the molecule is COc1ccc(C[C@@H]2[C@H](OC(=O)NCC[C@H]3CN(CC4CCCO4)CCN3Cc3ccccc3)[C@@H](OC(=O)OC(C)(C)C)CN2C(=O)OC(C)(C)C)cc1. The number of ether oxygens (including phenoxy) is 6. The van der Waals surface area contributed by atoms with Gasteiger partial charge < -0.3 is 33.7 Å². The highest BCUT2D eigenvalue weighted by Gasteiger charge is 2.50. The topological polar surface area (TPSA) is 128 Å². The lowest BCUT2D eigenvalue weighted by atomic mass is 10.0. The van der Waals surface area contributed by atoms with Crippen LogP contribution in [0.3, 0.4) is 0 Å². The van der Waals surface area contributed by atoms with Crippen LogP contribution in [-0.2, 0) is 36.6 Å². The quantitative estimate of drug-likeness (QED) is 0.202. The molecule has 3 aliphatic rings. The van der Waals surface area contributed by atoms with Crippen LogP contribution in [0.4, 0.5) is 14.4 Å². The molecular weight excluding hydrogens is 692 g/mol. The summed E-state index contributed by atoms with van der Waals surface area (Å²) < 4.78 is 34.4. The summed E-state index contributed by atoms with van der Waals surface area (Å²) in [5.74, 6) is 0.683. The Morgan fingerprint density at radius 1 is 0.870 bits per heavy atom. The van der Waals surface area contributed by atoms with Gasteiger partial charge in [-0.2, -0.15) is 0 Å². The van der Waals surface area contributed by atoms with Gasteiger partial charge in [0.15, 0.2) is 12.2 Å². The monoisotopic (exact) mass is 752 g/mol. The van der Waals surface area contributed by atoms with Crippen molar-refractivity contribution in [2.75, 3.05) is 53.0 Å². The number of carbonyl (C=O) groups excluding carboxylic acids is 3. The second kappa shape index (κ2) is 18.5. The van der Waals surface area contributed by atoms with E-state index in [-0.39, 0.29) is 18.7 Å². The molecule has 298 valence electrons. The number of carbonyl (C=O) groups is 3. The van der Waals surface area contributed by atoms with Gasteiger partial charge >= 0.3 is 18.3 Å². The highest BCUT2D eigenvalue weighted by Crippen LogP contribution is 2.30. The molecule has 0 spiro atoms. The van der Waals surface area contributed by atoms with Crippen molar-refractivity contribution in [3.8, 4) is 5.75 Å². The zero-order valence-corrected chi connectivity index (χ0v) is 33.1. The van der Waals surface area contributed by atoms with E-state index in [0.717, 1.165) is 57.7 Å². The van der Waals surface area contributed by atoms with Crippen LogP contribution in [0.5, 0.6) is 5.75 Å². The highest BCUT2D eigenvalue weighted by molar-refractivity contribution is 5.71. The molecule has 3 saturated heterocycles. The molecule has 1 unspecified atom stereocenters. The molecule has 3 aliphatic heterocycles. The number of rotatable bonds is 12. The molecule has 0 bridgehead atoms. The number of methoxy groups -OCH3 is 1. The molecular formula is C41H60N4O9. The van der Waals surface area contributed by atoms with Crippen molar-refractivity contribution >= 4 is 18.3 Å². The number of likely N-dealkylation sites (tertiary alicyclic amines) is 1. The van der Waals surface area contributed by atoms with Crippen molar-refractivity contribution in [3.63, 3.8) is 0 Å². The van der Waals surface area contributed by atoms with E-state index in [9.17, 15) is 14.4 Å². The van der Waals surface area contributed by atoms with Crippen LogP contribution in [0.1, 0.15) is 71.9 Å². The first-order chi connectivity index (χ1) is 25.7. The molecule has 0 radical (unpaired) electrons. The Morgan fingerprint density at radius 3 is 2.24 bits per heavy atom. The Balaban J connectivity index is 1.30. The van der Waals surface area contributed by atoms with Gasteiger partial charge in [-0.25, -0.2) is 14.4 Å². The van der Waals surface area contributed by atoms with E-state index in [1.54, 1.807) is 48.7 Å². The fourth-order valence-corrected chi connectivity index (χ4v) is 7.28. The predicted octanol–water partition coefficient (Wildman–Crippen LogP) is 6.03. The third-order valence-corrected chi connectivity index (χ3v) is 9.78. The fraction of sp³-hybridized carbons (Fsp3) is 0.634. The summed E-state index contributed by atoms with van der Waals surface area (Å²) in [6.07, 6.45) is -0.739. The lowest BCUT2D eigenvalue weighted by molar-refractivity contribution is -0.0518. The van der Waals surface area contributed by atoms with Gasteiger partial charge in [-0.3, -0.25) is 14.7 Å². The number of nitrogens with one attached hydrogen (secondary N) is 1. The molecule has 0 saturated carbocycles. The summed E-state index contributed by atoms with van der Waals surface area (Å²) in [5.41, 5.74) is 0.512. The maximum Gasteiger partial charge on any atom is 0.509 e. The minimum absolute atomic E-state index is 0.0516. The maximum atomic E-state index is 13.7.